The number of thiophene rings is 1. The molecule has 0 fully saturated rings. The van der Waals surface area contributed by atoms with Gasteiger partial charge in [-0.3, -0.25) is 0 Å². The molecular formula is C11H7BrO2S. The predicted octanol–water partition coefficient (Wildman–Crippen LogP) is 3.88. The summed E-state index contributed by atoms with van der Waals surface area (Å²) >= 11 is 4.89. The minimum atomic E-state index is -0.893. The molecule has 0 radical (unpaired) electrons. The highest BCUT2D eigenvalue weighted by Crippen LogP contribution is 2.33. The average Bonchev–Trinajstić information content (AvgIpc) is 2.65. The van der Waals surface area contributed by atoms with Gasteiger partial charge in [0.1, 0.15) is 0 Å². The van der Waals surface area contributed by atoms with Gasteiger partial charge in [0, 0.05) is 10.4 Å². The van der Waals surface area contributed by atoms with E-state index in [1.807, 2.05) is 24.3 Å². The molecule has 1 aromatic heterocycles. The quantitative estimate of drug-likeness (QED) is 0.908. The fraction of sp³-hybridized carbons (Fsp3) is 0. The molecule has 1 heterocycles. The van der Waals surface area contributed by atoms with Crippen LogP contribution in [0.15, 0.2) is 40.2 Å². The summed E-state index contributed by atoms with van der Waals surface area (Å²) in [6.07, 6.45) is 0. The number of carboxylic acids is 1. The van der Waals surface area contributed by atoms with Gasteiger partial charge >= 0.3 is 5.97 Å². The largest absolute Gasteiger partial charge is 0.478 e. The molecule has 0 amide bonds. The molecule has 1 aromatic carbocycles. The highest BCUT2D eigenvalue weighted by atomic mass is 79.9. The Kier molecular flexibility index (Phi) is 2.88. The predicted molar refractivity (Wildman–Crippen MR) is 64.4 cm³/mol. The summed E-state index contributed by atoms with van der Waals surface area (Å²) in [4.78, 5) is 12.0. The number of benzene rings is 1. The summed E-state index contributed by atoms with van der Waals surface area (Å²) in [5, 5.41) is 9.03. The molecule has 2 rings (SSSR count). The van der Waals surface area contributed by atoms with E-state index in [4.69, 9.17) is 5.11 Å². The molecule has 0 spiro atoms. The first-order valence-electron chi connectivity index (χ1n) is 4.26. The molecule has 0 atom stereocenters. The van der Waals surface area contributed by atoms with E-state index in [0.717, 1.165) is 14.2 Å². The van der Waals surface area contributed by atoms with E-state index >= 15 is 0 Å². The Morgan fingerprint density at radius 3 is 2.53 bits per heavy atom. The molecule has 15 heavy (non-hydrogen) atoms. The van der Waals surface area contributed by atoms with Crippen LogP contribution in [0.25, 0.3) is 10.4 Å². The van der Waals surface area contributed by atoms with E-state index in [1.54, 1.807) is 12.1 Å². The monoisotopic (exact) mass is 282 g/mol. The normalized spacial score (nSPS) is 10.2. The van der Waals surface area contributed by atoms with Gasteiger partial charge in [0.05, 0.1) is 9.35 Å². The first kappa shape index (κ1) is 10.4. The first-order valence-corrected chi connectivity index (χ1v) is 5.87. The lowest BCUT2D eigenvalue weighted by molar-refractivity contribution is 0.0698. The molecule has 4 heteroatoms. The molecule has 0 aliphatic rings. The lowest BCUT2D eigenvalue weighted by Crippen LogP contribution is -1.97. The van der Waals surface area contributed by atoms with Crippen LogP contribution in [0.3, 0.4) is 0 Å². The highest BCUT2D eigenvalue weighted by molar-refractivity contribution is 9.11. The van der Waals surface area contributed by atoms with Crippen LogP contribution in [-0.4, -0.2) is 11.1 Å². The summed E-state index contributed by atoms with van der Waals surface area (Å²) in [6, 6.07) is 10.8. The van der Waals surface area contributed by atoms with Crippen molar-refractivity contribution in [2.24, 2.45) is 0 Å². The Bertz CT molecular complexity index is 505. The summed E-state index contributed by atoms with van der Waals surface area (Å²) in [5.41, 5.74) is 1.10. The van der Waals surface area contributed by atoms with Gasteiger partial charge in [-0.2, -0.15) is 0 Å². The Balaban J connectivity index is 2.57. The number of carboxylic acid groups (broad SMARTS) is 1. The van der Waals surface area contributed by atoms with Crippen molar-refractivity contribution in [2.75, 3.05) is 0 Å². The zero-order valence-corrected chi connectivity index (χ0v) is 10.0. The summed E-state index contributed by atoms with van der Waals surface area (Å²) < 4.78 is 0.998. The van der Waals surface area contributed by atoms with Gasteiger partial charge in [0.25, 0.3) is 0 Å². The summed E-state index contributed by atoms with van der Waals surface area (Å²) in [6.45, 7) is 0. The maximum absolute atomic E-state index is 11.0. The maximum atomic E-state index is 11.0. The standard InChI is InChI=1S/C11H7BrO2S/c12-10-6-5-9(15-10)7-3-1-2-4-8(7)11(13)14/h1-6H,(H,13,14). The van der Waals surface area contributed by atoms with Gasteiger partial charge in [0.2, 0.25) is 0 Å². The van der Waals surface area contributed by atoms with Crippen molar-refractivity contribution in [1.82, 2.24) is 0 Å². The van der Waals surface area contributed by atoms with E-state index in [2.05, 4.69) is 15.9 Å². The number of hydrogen-bond acceptors (Lipinski definition) is 2. The van der Waals surface area contributed by atoms with Crippen LogP contribution in [0, 0.1) is 0 Å². The number of halogens is 1. The van der Waals surface area contributed by atoms with Crippen LogP contribution in [-0.2, 0) is 0 Å². The molecular weight excluding hydrogens is 276 g/mol. The van der Waals surface area contributed by atoms with Crippen molar-refractivity contribution in [3.8, 4) is 10.4 Å². The minimum Gasteiger partial charge on any atom is -0.478 e. The van der Waals surface area contributed by atoms with E-state index in [1.165, 1.54) is 11.3 Å². The molecule has 0 bridgehead atoms. The molecule has 0 aliphatic carbocycles. The second-order valence-corrected chi connectivity index (χ2v) is 5.42. The van der Waals surface area contributed by atoms with Crippen molar-refractivity contribution >= 4 is 33.2 Å². The van der Waals surface area contributed by atoms with Crippen LogP contribution < -0.4 is 0 Å². The van der Waals surface area contributed by atoms with Crippen LogP contribution in [0.5, 0.6) is 0 Å². The van der Waals surface area contributed by atoms with Crippen molar-refractivity contribution < 1.29 is 9.90 Å². The van der Waals surface area contributed by atoms with Crippen molar-refractivity contribution in [2.45, 2.75) is 0 Å². The average molecular weight is 283 g/mol. The first-order chi connectivity index (χ1) is 7.18. The summed E-state index contributed by atoms with van der Waals surface area (Å²) in [5.74, 6) is -0.893. The Morgan fingerprint density at radius 2 is 1.93 bits per heavy atom. The Hall–Kier alpha value is -1.13. The lowest BCUT2D eigenvalue weighted by atomic mass is 10.1. The van der Waals surface area contributed by atoms with Crippen LogP contribution in [0.4, 0.5) is 0 Å². The molecule has 0 aliphatic heterocycles. The number of hydrogen-bond donors (Lipinski definition) is 1. The molecule has 0 unspecified atom stereocenters. The van der Waals surface area contributed by atoms with E-state index in [9.17, 15) is 4.79 Å². The third kappa shape index (κ3) is 2.11. The topological polar surface area (TPSA) is 37.3 Å². The van der Waals surface area contributed by atoms with Gasteiger partial charge in [-0.05, 0) is 34.1 Å². The van der Waals surface area contributed by atoms with Crippen molar-refractivity contribution in [1.29, 1.82) is 0 Å². The molecule has 0 saturated heterocycles. The summed E-state index contributed by atoms with van der Waals surface area (Å²) in [7, 11) is 0. The second kappa shape index (κ2) is 4.16. The number of aromatic carboxylic acids is 1. The SMILES string of the molecule is O=C(O)c1ccccc1-c1ccc(Br)s1. The Labute approximate surface area is 99.3 Å². The van der Waals surface area contributed by atoms with E-state index < -0.39 is 5.97 Å². The van der Waals surface area contributed by atoms with Crippen molar-refractivity contribution in [3.05, 3.63) is 45.7 Å². The molecule has 1 N–H and O–H groups in total. The van der Waals surface area contributed by atoms with Crippen LogP contribution in [0.2, 0.25) is 0 Å². The smallest absolute Gasteiger partial charge is 0.336 e. The molecule has 2 nitrogen and oxygen atoms in total. The van der Waals surface area contributed by atoms with Crippen LogP contribution in [0.1, 0.15) is 10.4 Å². The Morgan fingerprint density at radius 1 is 1.20 bits per heavy atom. The zero-order chi connectivity index (χ0) is 10.8. The second-order valence-electron chi connectivity index (χ2n) is 2.95. The van der Waals surface area contributed by atoms with Crippen LogP contribution >= 0.6 is 27.3 Å². The van der Waals surface area contributed by atoms with Gasteiger partial charge in [-0.25, -0.2) is 4.79 Å². The number of carbonyl (C=O) groups is 1. The molecule has 76 valence electrons. The van der Waals surface area contributed by atoms with Crippen molar-refractivity contribution in [3.63, 3.8) is 0 Å². The fourth-order valence-corrected chi connectivity index (χ4v) is 2.77. The van der Waals surface area contributed by atoms with Gasteiger partial charge < -0.3 is 5.11 Å². The maximum Gasteiger partial charge on any atom is 0.336 e. The molecule has 0 saturated carbocycles. The highest BCUT2D eigenvalue weighted by Gasteiger charge is 2.11. The number of rotatable bonds is 2. The van der Waals surface area contributed by atoms with E-state index in [-0.39, 0.29) is 0 Å². The third-order valence-electron chi connectivity index (χ3n) is 2.00. The van der Waals surface area contributed by atoms with Gasteiger partial charge in [0.15, 0.2) is 0 Å². The lowest BCUT2D eigenvalue weighted by Gasteiger charge is -2.02. The minimum absolute atomic E-state index is 0.340. The van der Waals surface area contributed by atoms with E-state index in [0.29, 0.717) is 5.56 Å². The van der Waals surface area contributed by atoms with Gasteiger partial charge in [-0.1, -0.05) is 18.2 Å². The fourth-order valence-electron chi connectivity index (χ4n) is 1.34. The zero-order valence-electron chi connectivity index (χ0n) is 7.61. The molecule has 2 aromatic rings. The third-order valence-corrected chi connectivity index (χ3v) is 3.65. The van der Waals surface area contributed by atoms with Gasteiger partial charge in [-0.15, -0.1) is 11.3 Å².